The second-order valence-electron chi connectivity index (χ2n) is 3.24. The van der Waals surface area contributed by atoms with E-state index >= 15 is 0 Å². The van der Waals surface area contributed by atoms with E-state index in [2.05, 4.69) is 0 Å². The number of rotatable bonds is 8. The molecule has 0 fully saturated rings. The predicted molar refractivity (Wildman–Crippen MR) is 65.5 cm³/mol. The van der Waals surface area contributed by atoms with Crippen LogP contribution in [0.4, 0.5) is 0 Å². The molecular weight excluding hydrogens is 250 g/mol. The van der Waals surface area contributed by atoms with Crippen molar-refractivity contribution in [3.05, 3.63) is 0 Å². The zero-order valence-corrected chi connectivity index (χ0v) is 10.4. The van der Waals surface area contributed by atoms with Crippen molar-refractivity contribution >= 4 is 0 Å². The van der Waals surface area contributed by atoms with Crippen LogP contribution >= 0.6 is 0 Å². The zero-order valence-electron chi connectivity index (χ0n) is 29.8. The Labute approximate surface area is 137 Å². The molecule has 0 spiro atoms. The molecule has 0 N–H and O–H groups in total. The van der Waals surface area contributed by atoms with Crippen LogP contribution in [-0.4, -0.2) is 31.6 Å². The van der Waals surface area contributed by atoms with Gasteiger partial charge in [-0.15, -0.1) is 0 Å². The Hall–Kier alpha value is 0.440. The molecule has 0 aliphatic carbocycles. The monoisotopic (exact) mass is 300 g/mol. The van der Waals surface area contributed by atoms with Crippen molar-refractivity contribution in [1.29, 1.82) is 0 Å². The van der Waals surface area contributed by atoms with E-state index < -0.39 is 68.8 Å². The Morgan fingerprint density at radius 2 is 1.73 bits per heavy atom. The molecular formula is C13H30BrN. The van der Waals surface area contributed by atoms with E-state index in [1.54, 1.807) is 0 Å². The molecule has 0 aromatic carbocycles. The first-order chi connectivity index (χ1) is 14.5. The first kappa shape index (κ1) is 2.71. The third-order valence-electron chi connectivity index (χ3n) is 1.16. The second-order valence-corrected chi connectivity index (χ2v) is 3.24. The third-order valence-corrected chi connectivity index (χ3v) is 1.16. The molecule has 0 heterocycles. The zero-order chi connectivity index (χ0) is 29.5. The van der Waals surface area contributed by atoms with Crippen LogP contribution in [0.1, 0.15) is 87.1 Å². The van der Waals surface area contributed by atoms with Gasteiger partial charge in [-0.25, -0.2) is 0 Å². The van der Waals surface area contributed by atoms with Gasteiger partial charge in [0.05, 0.1) is 28.5 Å². The minimum Gasteiger partial charge on any atom is -1.00 e. The van der Waals surface area contributed by atoms with Gasteiger partial charge in [0.2, 0.25) is 0 Å². The van der Waals surface area contributed by atoms with E-state index in [0.717, 1.165) is 21.1 Å². The predicted octanol–water partition coefficient (Wildman–Crippen LogP) is 0.836. The Bertz CT molecular complexity index is 771. The molecule has 1 unspecified atom stereocenters. The van der Waals surface area contributed by atoms with E-state index in [0.29, 0.717) is 0 Å². The molecule has 0 aliphatic rings. The van der Waals surface area contributed by atoms with Crippen LogP contribution in [0.25, 0.3) is 0 Å². The highest BCUT2D eigenvalue weighted by atomic mass is 79.9. The van der Waals surface area contributed by atoms with E-state index in [4.69, 9.17) is 28.8 Å². The maximum atomic E-state index is 8.43. The molecule has 1 atom stereocenters. The van der Waals surface area contributed by atoms with E-state index in [1.165, 1.54) is 0 Å². The lowest BCUT2D eigenvalue weighted by Crippen LogP contribution is -3.00. The van der Waals surface area contributed by atoms with E-state index in [-0.39, 0.29) is 17.0 Å². The van der Waals surface area contributed by atoms with Crippen molar-refractivity contribution in [3.8, 4) is 0 Å². The third kappa shape index (κ3) is 10.7. The highest BCUT2D eigenvalue weighted by Crippen LogP contribution is 2.13. The van der Waals surface area contributed by atoms with Gasteiger partial charge in [-0.2, -0.15) is 0 Å². The second kappa shape index (κ2) is 9.65. The van der Waals surface area contributed by atoms with E-state index in [1.807, 2.05) is 0 Å². The van der Waals surface area contributed by atoms with Gasteiger partial charge in [0.15, 0.2) is 0 Å². The molecule has 15 heavy (non-hydrogen) atoms. The van der Waals surface area contributed by atoms with Gasteiger partial charge < -0.3 is 21.5 Å². The Morgan fingerprint density at radius 3 is 2.27 bits per heavy atom. The molecule has 0 aliphatic heterocycles. The SMILES string of the molecule is [2H]C([2H])([2H])C([2H])([2H])C([2H])([2H])C([2H])([2H])C([2H])([2H])C([2H])([2H])C([2H])([2H])C([2H])([2H])C([2H])(C([2H])([2H])[2H])[N+](C)(C)C.[Br-]. The number of hydrogen-bond acceptors (Lipinski definition) is 0. The first-order valence-corrected chi connectivity index (χ1v) is 3.82. The van der Waals surface area contributed by atoms with Crippen molar-refractivity contribution in [2.75, 3.05) is 21.1 Å². The molecule has 94 valence electrons. The van der Waals surface area contributed by atoms with Gasteiger partial charge in [0.25, 0.3) is 0 Å². The van der Waals surface area contributed by atoms with E-state index in [9.17, 15) is 0 Å². The minimum absolute atomic E-state index is 0. The summed E-state index contributed by atoms with van der Waals surface area (Å²) >= 11 is 0. The molecule has 0 saturated heterocycles. The van der Waals surface area contributed by atoms with Crippen molar-refractivity contribution in [3.63, 3.8) is 0 Å². The van der Waals surface area contributed by atoms with Crippen molar-refractivity contribution in [2.24, 2.45) is 0 Å². The Balaban J connectivity index is 0. The molecule has 0 aromatic heterocycles. The Morgan fingerprint density at radius 1 is 1.13 bits per heavy atom. The van der Waals surface area contributed by atoms with Crippen molar-refractivity contribution in [1.82, 2.24) is 0 Å². The van der Waals surface area contributed by atoms with Crippen LogP contribution in [0.2, 0.25) is 0 Å². The lowest BCUT2D eigenvalue weighted by Gasteiger charge is -2.31. The summed E-state index contributed by atoms with van der Waals surface area (Å²) in [6, 6.07) is -3.54. The molecule has 0 amide bonds. The largest absolute Gasteiger partial charge is 1.00 e. The lowest BCUT2D eigenvalue weighted by atomic mass is 10.1. The summed E-state index contributed by atoms with van der Waals surface area (Å²) in [4.78, 5) is 0. The van der Waals surface area contributed by atoms with Gasteiger partial charge in [-0.1, -0.05) is 38.7 Å². The summed E-state index contributed by atoms with van der Waals surface area (Å²) in [5.41, 5.74) is 0. The standard InChI is InChI=1S/C13H30N.BrH/c1-6-7-8-9-10-11-12-13(2)14(3,4)5;/h13H,6-12H2,1-5H3;1H/q+1;/p-1/i1D3,2D3,6D2,7D2,8D2,9D2,10D2,11D2,12D2,13D;. The van der Waals surface area contributed by atoms with Gasteiger partial charge >= 0.3 is 0 Å². The van der Waals surface area contributed by atoms with Crippen molar-refractivity contribution in [2.45, 2.75) is 64.3 Å². The fourth-order valence-corrected chi connectivity index (χ4v) is 0.383. The minimum atomic E-state index is -4.53. The Kier molecular flexibility index (Phi) is 1.75. The molecule has 2 heteroatoms. The van der Waals surface area contributed by atoms with Crippen LogP contribution in [0, 0.1) is 0 Å². The number of nitrogens with zero attached hydrogens (tertiary/aromatic N) is 1. The van der Waals surface area contributed by atoms with Crippen molar-refractivity contribution < 1.29 is 50.3 Å². The lowest BCUT2D eigenvalue weighted by molar-refractivity contribution is -0.894. The summed E-state index contributed by atoms with van der Waals surface area (Å²) in [7, 11) is 2.96. The maximum absolute atomic E-state index is 8.43. The highest BCUT2D eigenvalue weighted by molar-refractivity contribution is 4.51. The van der Waals surface area contributed by atoms with Crippen LogP contribution in [0.3, 0.4) is 0 Å². The van der Waals surface area contributed by atoms with Crippen LogP contribution in [0.5, 0.6) is 0 Å². The summed E-state index contributed by atoms with van der Waals surface area (Å²) in [6.45, 7) is -7.54. The summed E-state index contributed by atoms with van der Waals surface area (Å²) < 4.78 is 164. The summed E-state index contributed by atoms with van der Waals surface area (Å²) in [6.07, 6.45) is -30.5. The highest BCUT2D eigenvalue weighted by Gasteiger charge is 2.16. The average molecular weight is 301 g/mol. The van der Waals surface area contributed by atoms with Gasteiger partial charge in [0.1, 0.15) is 0 Å². The normalized spacial score (nSPS) is 44.6. The molecule has 0 aromatic rings. The van der Waals surface area contributed by atoms with Gasteiger partial charge in [-0.3, -0.25) is 0 Å². The smallest absolute Gasteiger partial charge is 0.0958 e. The van der Waals surface area contributed by atoms with Gasteiger partial charge in [0, 0.05) is 27.4 Å². The summed E-state index contributed by atoms with van der Waals surface area (Å²) in [5.74, 6) is 0. The summed E-state index contributed by atoms with van der Waals surface area (Å²) in [5, 5.41) is 0. The number of hydrogen-bond donors (Lipinski definition) is 0. The topological polar surface area (TPSA) is 0 Å². The molecule has 1 nitrogen and oxygen atoms in total. The number of halogens is 1. The quantitative estimate of drug-likeness (QED) is 0.583. The van der Waals surface area contributed by atoms with Crippen LogP contribution in [0.15, 0.2) is 0 Å². The number of quaternary nitrogens is 1. The first-order valence-electron chi connectivity index (χ1n) is 14.3. The molecule has 0 rings (SSSR count). The fraction of sp³-hybridized carbons (Fsp3) is 1.00. The van der Waals surface area contributed by atoms with Crippen LogP contribution < -0.4 is 17.0 Å². The average Bonchev–Trinajstić information content (AvgIpc) is 2.56. The fourth-order valence-electron chi connectivity index (χ4n) is 0.383. The molecule has 0 radical (unpaired) electrons. The maximum Gasteiger partial charge on any atom is 0.0958 e. The molecule has 0 saturated carbocycles. The molecule has 0 bridgehead atoms. The van der Waals surface area contributed by atoms with Gasteiger partial charge in [-0.05, 0) is 19.6 Å². The van der Waals surface area contributed by atoms with Crippen LogP contribution in [-0.2, 0) is 0 Å².